The molecule has 4 rings (SSSR count). The highest BCUT2D eigenvalue weighted by molar-refractivity contribution is 6.11. The van der Waals surface area contributed by atoms with Gasteiger partial charge in [-0.2, -0.15) is 0 Å². The maximum atomic E-state index is 15.6. The number of benzene rings is 4. The van der Waals surface area contributed by atoms with Crippen molar-refractivity contribution < 1.29 is 18.7 Å². The molecule has 4 nitrogen and oxygen atoms in total. The van der Waals surface area contributed by atoms with Crippen molar-refractivity contribution in [2.45, 2.75) is 6.92 Å². The van der Waals surface area contributed by atoms with Crippen LogP contribution < -0.4 is 10.1 Å². The van der Waals surface area contributed by atoms with Gasteiger partial charge in [-0.05, 0) is 42.8 Å². The highest BCUT2D eigenvalue weighted by Gasteiger charge is 2.24. The summed E-state index contributed by atoms with van der Waals surface area (Å²) < 4.78 is 21.4. The van der Waals surface area contributed by atoms with Gasteiger partial charge in [-0.15, -0.1) is 0 Å². The average molecular weight is 425 g/mol. The van der Waals surface area contributed by atoms with E-state index in [9.17, 15) is 9.59 Å². The number of halogens is 1. The molecule has 32 heavy (non-hydrogen) atoms. The van der Waals surface area contributed by atoms with Gasteiger partial charge in [0.15, 0.2) is 17.3 Å². The Bertz CT molecular complexity index is 1270. The summed E-state index contributed by atoms with van der Waals surface area (Å²) in [7, 11) is 0. The lowest BCUT2D eigenvalue weighted by Gasteiger charge is -2.15. The van der Waals surface area contributed by atoms with Gasteiger partial charge in [0, 0.05) is 11.3 Å². The van der Waals surface area contributed by atoms with Gasteiger partial charge in [0.2, 0.25) is 0 Å². The summed E-state index contributed by atoms with van der Waals surface area (Å²) in [6.45, 7) is 1.86. The van der Waals surface area contributed by atoms with Crippen LogP contribution in [0, 0.1) is 12.7 Å². The van der Waals surface area contributed by atoms with E-state index in [0.717, 1.165) is 5.56 Å². The molecule has 0 aliphatic rings. The zero-order valence-electron chi connectivity index (χ0n) is 17.3. The number of ether oxygens (including phenoxy) is 1. The van der Waals surface area contributed by atoms with Gasteiger partial charge >= 0.3 is 0 Å². The standard InChI is InChI=1S/C27H20FNO3/c1-18-10-8-9-15-23(18)29-27(31)22-17-16-21(25(30)19-11-4-2-5-12-19)24(28)26(22)32-20-13-6-3-7-14-20/h2-17H,1H3,(H,29,31). The zero-order chi connectivity index (χ0) is 22.5. The third kappa shape index (κ3) is 4.42. The number of rotatable bonds is 6. The van der Waals surface area contributed by atoms with E-state index < -0.39 is 17.5 Å². The fourth-order valence-electron chi connectivity index (χ4n) is 3.26. The van der Waals surface area contributed by atoms with Crippen LogP contribution >= 0.6 is 0 Å². The van der Waals surface area contributed by atoms with Crippen LogP contribution in [0.4, 0.5) is 10.1 Å². The van der Waals surface area contributed by atoms with Gasteiger partial charge in [0.25, 0.3) is 5.91 Å². The minimum atomic E-state index is -0.889. The second-order valence-corrected chi connectivity index (χ2v) is 7.18. The number of amides is 1. The predicted octanol–water partition coefficient (Wildman–Crippen LogP) is 6.41. The number of aryl methyl sites for hydroxylation is 1. The van der Waals surface area contributed by atoms with Crippen LogP contribution in [-0.4, -0.2) is 11.7 Å². The van der Waals surface area contributed by atoms with E-state index in [1.54, 1.807) is 72.8 Å². The molecule has 158 valence electrons. The number of anilines is 1. The number of hydrogen-bond donors (Lipinski definition) is 1. The number of carbonyl (C=O) groups excluding carboxylic acids is 2. The van der Waals surface area contributed by atoms with Gasteiger partial charge < -0.3 is 10.1 Å². The van der Waals surface area contributed by atoms with Crippen molar-refractivity contribution in [1.29, 1.82) is 0 Å². The Kier molecular flexibility index (Phi) is 6.08. The minimum absolute atomic E-state index is 0.0146. The maximum Gasteiger partial charge on any atom is 0.259 e. The van der Waals surface area contributed by atoms with Crippen LogP contribution in [0.5, 0.6) is 11.5 Å². The third-order valence-electron chi connectivity index (χ3n) is 4.98. The lowest BCUT2D eigenvalue weighted by atomic mass is 10.00. The number of ketones is 1. The summed E-state index contributed by atoms with van der Waals surface area (Å²) in [5.41, 5.74) is 1.62. The maximum absolute atomic E-state index is 15.6. The lowest BCUT2D eigenvalue weighted by Crippen LogP contribution is -2.16. The highest BCUT2D eigenvalue weighted by atomic mass is 19.1. The Morgan fingerprint density at radius 2 is 1.34 bits per heavy atom. The molecule has 0 heterocycles. The molecule has 4 aromatic rings. The summed E-state index contributed by atoms with van der Waals surface area (Å²) in [6.07, 6.45) is 0. The predicted molar refractivity (Wildman–Crippen MR) is 122 cm³/mol. The molecular formula is C27H20FNO3. The SMILES string of the molecule is Cc1ccccc1NC(=O)c1ccc(C(=O)c2ccccc2)c(F)c1Oc1ccccc1. The van der Waals surface area contributed by atoms with Crippen LogP contribution in [0.3, 0.4) is 0 Å². The summed E-state index contributed by atoms with van der Waals surface area (Å²) in [6, 6.07) is 27.0. The number of nitrogens with one attached hydrogen (secondary N) is 1. The fourth-order valence-corrected chi connectivity index (χ4v) is 3.26. The van der Waals surface area contributed by atoms with Crippen molar-refractivity contribution in [2.24, 2.45) is 0 Å². The average Bonchev–Trinajstić information content (AvgIpc) is 2.82. The Morgan fingerprint density at radius 3 is 2.03 bits per heavy atom. The van der Waals surface area contributed by atoms with Crippen LogP contribution in [0.2, 0.25) is 0 Å². The number of hydrogen-bond acceptors (Lipinski definition) is 3. The molecule has 0 radical (unpaired) electrons. The highest BCUT2D eigenvalue weighted by Crippen LogP contribution is 2.32. The summed E-state index contributed by atoms with van der Waals surface area (Å²) in [5, 5.41) is 2.79. The molecule has 1 amide bonds. The van der Waals surface area contributed by atoms with Gasteiger partial charge in [-0.3, -0.25) is 9.59 Å². The molecule has 5 heteroatoms. The van der Waals surface area contributed by atoms with E-state index in [1.165, 1.54) is 12.1 Å². The molecule has 1 N–H and O–H groups in total. The van der Waals surface area contributed by atoms with Crippen LogP contribution in [0.15, 0.2) is 97.1 Å². The van der Waals surface area contributed by atoms with E-state index >= 15 is 4.39 Å². The first-order valence-electron chi connectivity index (χ1n) is 10.1. The van der Waals surface area contributed by atoms with Crippen molar-refractivity contribution >= 4 is 17.4 Å². The quantitative estimate of drug-likeness (QED) is 0.363. The Morgan fingerprint density at radius 1 is 0.750 bits per heavy atom. The molecule has 0 aliphatic carbocycles. The topological polar surface area (TPSA) is 55.4 Å². The second-order valence-electron chi connectivity index (χ2n) is 7.18. The van der Waals surface area contributed by atoms with Gasteiger partial charge in [-0.1, -0.05) is 66.7 Å². The monoisotopic (exact) mass is 425 g/mol. The largest absolute Gasteiger partial charge is 0.453 e. The summed E-state index contributed by atoms with van der Waals surface area (Å²) in [5.74, 6) is -1.88. The van der Waals surface area contributed by atoms with Crippen molar-refractivity contribution in [3.63, 3.8) is 0 Å². The first kappa shape index (κ1) is 21.0. The van der Waals surface area contributed by atoms with Crippen LogP contribution in [0.25, 0.3) is 0 Å². The second kappa shape index (κ2) is 9.27. The molecule has 0 unspecified atom stereocenters. The Balaban J connectivity index is 1.77. The number of carbonyl (C=O) groups is 2. The Hall–Kier alpha value is -4.25. The van der Waals surface area contributed by atoms with Gasteiger partial charge in [-0.25, -0.2) is 4.39 Å². The third-order valence-corrected chi connectivity index (χ3v) is 4.98. The van der Waals surface area contributed by atoms with Crippen molar-refractivity contribution in [3.8, 4) is 11.5 Å². The van der Waals surface area contributed by atoms with Crippen molar-refractivity contribution in [3.05, 3.63) is 125 Å². The lowest BCUT2D eigenvalue weighted by molar-refractivity contribution is 0.101. The van der Waals surface area contributed by atoms with Gasteiger partial charge in [0.1, 0.15) is 5.75 Å². The summed E-state index contributed by atoms with van der Waals surface area (Å²) in [4.78, 5) is 25.9. The first-order valence-corrected chi connectivity index (χ1v) is 10.1. The van der Waals surface area contributed by atoms with E-state index in [1.807, 2.05) is 19.1 Å². The van der Waals surface area contributed by atoms with Crippen molar-refractivity contribution in [1.82, 2.24) is 0 Å². The minimum Gasteiger partial charge on any atom is -0.453 e. The van der Waals surface area contributed by atoms with E-state index in [-0.39, 0.29) is 16.9 Å². The molecule has 0 fully saturated rings. The molecule has 0 saturated carbocycles. The molecule has 0 saturated heterocycles. The summed E-state index contributed by atoms with van der Waals surface area (Å²) >= 11 is 0. The molecule has 0 aromatic heterocycles. The fraction of sp³-hybridized carbons (Fsp3) is 0.0370. The van der Waals surface area contributed by atoms with Gasteiger partial charge in [0.05, 0.1) is 11.1 Å². The van der Waals surface area contributed by atoms with E-state index in [0.29, 0.717) is 17.0 Å². The Labute approximate surface area is 185 Å². The normalized spacial score (nSPS) is 10.4. The number of para-hydroxylation sites is 2. The molecule has 4 aromatic carbocycles. The van der Waals surface area contributed by atoms with Crippen LogP contribution in [0.1, 0.15) is 31.8 Å². The molecule has 0 atom stereocenters. The molecular weight excluding hydrogens is 405 g/mol. The molecule has 0 spiro atoms. The van der Waals surface area contributed by atoms with Crippen molar-refractivity contribution in [2.75, 3.05) is 5.32 Å². The zero-order valence-corrected chi connectivity index (χ0v) is 17.3. The van der Waals surface area contributed by atoms with E-state index in [4.69, 9.17) is 4.74 Å². The molecule has 0 aliphatic heterocycles. The first-order chi connectivity index (χ1) is 15.5. The smallest absolute Gasteiger partial charge is 0.259 e. The van der Waals surface area contributed by atoms with E-state index in [2.05, 4.69) is 5.32 Å². The van der Waals surface area contributed by atoms with Crippen LogP contribution in [-0.2, 0) is 0 Å². The molecule has 0 bridgehead atoms.